The van der Waals surface area contributed by atoms with Crippen molar-refractivity contribution in [3.8, 4) is 11.6 Å². The Labute approximate surface area is 200 Å². The Morgan fingerprint density at radius 2 is 1.71 bits per heavy atom. The zero-order valence-electron chi connectivity index (χ0n) is 18.6. The van der Waals surface area contributed by atoms with Gasteiger partial charge in [-0.3, -0.25) is 9.48 Å². The normalized spacial score (nSPS) is 11.3. The molecule has 0 aliphatic rings. The van der Waals surface area contributed by atoms with Crippen LogP contribution in [0.25, 0.3) is 22.4 Å². The van der Waals surface area contributed by atoms with Gasteiger partial charge in [-0.25, -0.2) is 4.68 Å². The summed E-state index contributed by atoms with van der Waals surface area (Å²) in [6.45, 7) is 1.30. The van der Waals surface area contributed by atoms with E-state index in [-0.39, 0.29) is 5.56 Å². The topological polar surface area (TPSA) is 91.6 Å². The van der Waals surface area contributed by atoms with Crippen molar-refractivity contribution in [2.75, 3.05) is 5.75 Å². The SMILES string of the molecule is O=c1c2ccccc2c(-c2nnc(SCCCCCn3cccn3)o2)nn1Cc1ccccc1. The van der Waals surface area contributed by atoms with E-state index in [9.17, 15) is 4.79 Å². The lowest BCUT2D eigenvalue weighted by Gasteiger charge is -2.09. The summed E-state index contributed by atoms with van der Waals surface area (Å²) >= 11 is 1.54. The first-order valence-electron chi connectivity index (χ1n) is 11.3. The van der Waals surface area contributed by atoms with Crippen LogP contribution in [0.5, 0.6) is 0 Å². The van der Waals surface area contributed by atoms with Gasteiger partial charge in [0.1, 0.15) is 0 Å². The number of aromatic nitrogens is 6. The predicted molar refractivity (Wildman–Crippen MR) is 132 cm³/mol. The Morgan fingerprint density at radius 3 is 2.53 bits per heavy atom. The smallest absolute Gasteiger partial charge is 0.276 e. The van der Waals surface area contributed by atoms with Crippen molar-refractivity contribution in [3.63, 3.8) is 0 Å². The lowest BCUT2D eigenvalue weighted by atomic mass is 10.1. The molecular formula is C25H24N6O2S. The summed E-state index contributed by atoms with van der Waals surface area (Å²) in [5.74, 6) is 1.21. The van der Waals surface area contributed by atoms with Crippen LogP contribution in [-0.2, 0) is 13.1 Å². The molecule has 0 aliphatic carbocycles. The first-order valence-corrected chi connectivity index (χ1v) is 12.2. The molecule has 0 fully saturated rings. The van der Waals surface area contributed by atoms with Crippen molar-refractivity contribution >= 4 is 22.5 Å². The molecule has 0 aliphatic heterocycles. The van der Waals surface area contributed by atoms with Crippen LogP contribution in [0.2, 0.25) is 0 Å². The highest BCUT2D eigenvalue weighted by atomic mass is 32.2. The highest BCUT2D eigenvalue weighted by Gasteiger charge is 2.17. The van der Waals surface area contributed by atoms with Gasteiger partial charge in [-0.15, -0.1) is 10.2 Å². The minimum atomic E-state index is -0.146. The number of nitrogens with zero attached hydrogens (tertiary/aromatic N) is 6. The fourth-order valence-corrected chi connectivity index (χ4v) is 4.52. The molecule has 0 saturated heterocycles. The van der Waals surface area contributed by atoms with Crippen molar-refractivity contribution in [2.24, 2.45) is 0 Å². The maximum Gasteiger partial charge on any atom is 0.276 e. The van der Waals surface area contributed by atoms with Gasteiger partial charge in [0.2, 0.25) is 0 Å². The first kappa shape index (κ1) is 22.1. The minimum absolute atomic E-state index is 0.146. The van der Waals surface area contributed by atoms with Crippen LogP contribution in [0.15, 0.2) is 87.5 Å². The quantitative estimate of drug-likeness (QED) is 0.216. The summed E-state index contributed by atoms with van der Waals surface area (Å²) in [7, 11) is 0. The van der Waals surface area contributed by atoms with Crippen molar-refractivity contribution in [2.45, 2.75) is 37.6 Å². The fourth-order valence-electron chi connectivity index (χ4n) is 3.77. The standard InChI is InChI=1S/C25H24N6O2S/c32-24-21-13-6-5-12-20(21)22(29-31(24)18-19-10-3-1-4-11-19)23-27-28-25(33-23)34-17-8-2-7-15-30-16-9-14-26-30/h1,3-6,9-14,16H,2,7-8,15,17-18H2. The molecule has 0 unspecified atom stereocenters. The van der Waals surface area contributed by atoms with Crippen LogP contribution in [-0.4, -0.2) is 35.5 Å². The van der Waals surface area contributed by atoms with Gasteiger partial charge in [-0.1, -0.05) is 66.7 Å². The molecule has 5 rings (SSSR count). The molecule has 3 aromatic heterocycles. The molecule has 0 amide bonds. The monoisotopic (exact) mass is 472 g/mol. The molecule has 0 N–H and O–H groups in total. The lowest BCUT2D eigenvalue weighted by Crippen LogP contribution is -2.24. The molecule has 0 spiro atoms. The highest BCUT2D eigenvalue weighted by Crippen LogP contribution is 2.27. The van der Waals surface area contributed by atoms with Gasteiger partial charge >= 0.3 is 0 Å². The Morgan fingerprint density at radius 1 is 0.882 bits per heavy atom. The largest absolute Gasteiger partial charge is 0.410 e. The average molecular weight is 473 g/mol. The predicted octanol–water partition coefficient (Wildman–Crippen LogP) is 4.65. The molecule has 2 aromatic carbocycles. The number of rotatable bonds is 10. The zero-order valence-corrected chi connectivity index (χ0v) is 19.4. The number of fused-ring (bicyclic) bond motifs is 1. The molecule has 34 heavy (non-hydrogen) atoms. The van der Waals surface area contributed by atoms with E-state index in [1.165, 1.54) is 4.68 Å². The Bertz CT molecular complexity index is 1410. The van der Waals surface area contributed by atoms with E-state index < -0.39 is 0 Å². The third-order valence-corrected chi connectivity index (χ3v) is 6.37. The van der Waals surface area contributed by atoms with E-state index >= 15 is 0 Å². The number of unbranched alkanes of at least 4 members (excludes halogenated alkanes) is 2. The number of benzene rings is 2. The molecule has 0 bridgehead atoms. The summed E-state index contributed by atoms with van der Waals surface area (Å²) in [6, 6.07) is 19.1. The summed E-state index contributed by atoms with van der Waals surface area (Å²) < 4.78 is 9.35. The third kappa shape index (κ3) is 5.09. The fraction of sp³-hybridized carbons (Fsp3) is 0.240. The molecule has 0 radical (unpaired) electrons. The van der Waals surface area contributed by atoms with Crippen LogP contribution in [0.3, 0.4) is 0 Å². The molecule has 9 heteroatoms. The van der Waals surface area contributed by atoms with E-state index in [2.05, 4.69) is 20.4 Å². The number of hydrogen-bond donors (Lipinski definition) is 0. The number of aryl methyl sites for hydroxylation is 1. The van der Waals surface area contributed by atoms with Crippen molar-refractivity contribution < 1.29 is 4.42 Å². The van der Waals surface area contributed by atoms with Gasteiger partial charge < -0.3 is 4.42 Å². The van der Waals surface area contributed by atoms with E-state index in [1.54, 1.807) is 24.0 Å². The molecule has 3 heterocycles. The van der Waals surface area contributed by atoms with Gasteiger partial charge in [0.25, 0.3) is 16.7 Å². The number of hydrogen-bond acceptors (Lipinski definition) is 7. The maximum atomic E-state index is 13.0. The highest BCUT2D eigenvalue weighted by molar-refractivity contribution is 7.99. The van der Waals surface area contributed by atoms with Crippen LogP contribution < -0.4 is 5.56 Å². The lowest BCUT2D eigenvalue weighted by molar-refractivity contribution is 0.462. The summed E-state index contributed by atoms with van der Waals surface area (Å²) in [6.07, 6.45) is 7.01. The van der Waals surface area contributed by atoms with Crippen molar-refractivity contribution in [3.05, 3.63) is 89.0 Å². The Hall–Kier alpha value is -3.72. The second-order valence-electron chi connectivity index (χ2n) is 7.89. The molecule has 0 atom stereocenters. The summed E-state index contributed by atoms with van der Waals surface area (Å²) in [5.41, 5.74) is 1.37. The van der Waals surface area contributed by atoms with E-state index in [0.29, 0.717) is 34.1 Å². The van der Waals surface area contributed by atoms with Gasteiger partial charge in [-0.05, 0) is 30.5 Å². The molecular weight excluding hydrogens is 448 g/mol. The molecule has 0 saturated carbocycles. The Balaban J connectivity index is 1.30. The molecule has 5 aromatic rings. The summed E-state index contributed by atoms with van der Waals surface area (Å²) in [4.78, 5) is 13.0. The zero-order chi connectivity index (χ0) is 23.2. The van der Waals surface area contributed by atoms with Gasteiger partial charge in [0, 0.05) is 30.1 Å². The van der Waals surface area contributed by atoms with E-state index in [0.717, 1.165) is 37.1 Å². The molecule has 8 nitrogen and oxygen atoms in total. The maximum absolute atomic E-state index is 13.0. The van der Waals surface area contributed by atoms with Crippen molar-refractivity contribution in [1.82, 2.24) is 29.8 Å². The van der Waals surface area contributed by atoms with Crippen LogP contribution in [0.4, 0.5) is 0 Å². The van der Waals surface area contributed by atoms with Gasteiger partial charge in [0.15, 0.2) is 5.69 Å². The third-order valence-electron chi connectivity index (χ3n) is 5.47. The number of thioether (sulfide) groups is 1. The minimum Gasteiger partial charge on any atom is -0.410 e. The van der Waals surface area contributed by atoms with Gasteiger partial charge in [0.05, 0.1) is 11.9 Å². The van der Waals surface area contributed by atoms with E-state index in [4.69, 9.17) is 4.42 Å². The van der Waals surface area contributed by atoms with Crippen molar-refractivity contribution in [1.29, 1.82) is 0 Å². The second kappa shape index (κ2) is 10.5. The van der Waals surface area contributed by atoms with Gasteiger partial charge in [-0.2, -0.15) is 10.2 Å². The summed E-state index contributed by atoms with van der Waals surface area (Å²) in [5, 5.41) is 19.1. The van der Waals surface area contributed by atoms with E-state index in [1.807, 2.05) is 65.5 Å². The second-order valence-corrected chi connectivity index (χ2v) is 8.94. The van der Waals surface area contributed by atoms with Crippen LogP contribution in [0.1, 0.15) is 24.8 Å². The first-order chi connectivity index (χ1) is 16.8. The van der Waals surface area contributed by atoms with Crippen LogP contribution in [0, 0.1) is 0 Å². The molecule has 172 valence electrons. The Kier molecular flexibility index (Phi) is 6.81. The van der Waals surface area contributed by atoms with Crippen LogP contribution >= 0.6 is 11.8 Å². The average Bonchev–Trinajstić information content (AvgIpc) is 3.56.